The lowest BCUT2D eigenvalue weighted by Gasteiger charge is -2.06. The lowest BCUT2D eigenvalue weighted by atomic mass is 10.4. The van der Waals surface area contributed by atoms with Crippen LogP contribution in [0, 0.1) is 4.64 Å². The topological polar surface area (TPSA) is 49.9 Å². The Morgan fingerprint density at radius 1 is 1.64 bits per heavy atom. The third-order valence-corrected chi connectivity index (χ3v) is 1.96. The molecule has 0 radical (unpaired) electrons. The predicted molar refractivity (Wildman–Crippen MR) is 59.2 cm³/mol. The molecule has 0 aliphatic rings. The van der Waals surface area contributed by atoms with Crippen LogP contribution in [0.15, 0.2) is 6.07 Å². The van der Waals surface area contributed by atoms with Crippen molar-refractivity contribution in [2.45, 2.75) is 13.3 Å². The van der Waals surface area contributed by atoms with Crippen LogP contribution < -0.4 is 5.32 Å². The first-order chi connectivity index (χ1) is 6.76. The van der Waals surface area contributed by atoms with Gasteiger partial charge in [-0.3, -0.25) is 0 Å². The number of H-pyrrole nitrogens is 1. The fraction of sp³-hybridized carbons (Fsp3) is 0.556. The van der Waals surface area contributed by atoms with Gasteiger partial charge in [0.25, 0.3) is 0 Å². The molecular weight excluding hydrogens is 198 g/mol. The van der Waals surface area contributed by atoms with Gasteiger partial charge in [0.2, 0.25) is 0 Å². The van der Waals surface area contributed by atoms with Crippen LogP contribution in [0.1, 0.15) is 12.7 Å². The molecule has 0 aliphatic carbocycles. The standard InChI is InChI=1S/C9H15N3OS/c1-3-7-11-8(6-9(14)12-7)10-4-5-13-2/h6H,3-5H2,1-2H3,(H2,10,11,12,14). The molecule has 0 saturated carbocycles. The van der Waals surface area contributed by atoms with E-state index in [2.05, 4.69) is 15.3 Å². The average Bonchev–Trinajstić information content (AvgIpc) is 2.17. The van der Waals surface area contributed by atoms with Crippen LogP contribution in [-0.2, 0) is 11.2 Å². The molecule has 0 fully saturated rings. The largest absolute Gasteiger partial charge is 0.383 e. The summed E-state index contributed by atoms with van der Waals surface area (Å²) in [6, 6.07) is 1.81. The summed E-state index contributed by atoms with van der Waals surface area (Å²) >= 11 is 5.03. The van der Waals surface area contributed by atoms with E-state index < -0.39 is 0 Å². The van der Waals surface area contributed by atoms with Crippen molar-refractivity contribution in [1.29, 1.82) is 0 Å². The van der Waals surface area contributed by atoms with Crippen molar-refractivity contribution in [1.82, 2.24) is 9.97 Å². The minimum absolute atomic E-state index is 0.612. The maximum Gasteiger partial charge on any atom is 0.131 e. The Morgan fingerprint density at radius 3 is 3.07 bits per heavy atom. The van der Waals surface area contributed by atoms with E-state index in [4.69, 9.17) is 17.0 Å². The lowest BCUT2D eigenvalue weighted by molar-refractivity contribution is 0.210. The molecular formula is C9H15N3OS. The zero-order valence-corrected chi connectivity index (χ0v) is 9.28. The molecule has 0 bridgehead atoms. The van der Waals surface area contributed by atoms with Crippen molar-refractivity contribution < 1.29 is 4.74 Å². The van der Waals surface area contributed by atoms with Gasteiger partial charge < -0.3 is 15.0 Å². The van der Waals surface area contributed by atoms with E-state index in [0.717, 1.165) is 24.6 Å². The van der Waals surface area contributed by atoms with Crippen LogP contribution >= 0.6 is 12.2 Å². The van der Waals surface area contributed by atoms with Crippen molar-refractivity contribution in [3.8, 4) is 0 Å². The molecule has 0 amide bonds. The molecule has 0 spiro atoms. The molecule has 1 rings (SSSR count). The first-order valence-corrected chi connectivity index (χ1v) is 5.00. The van der Waals surface area contributed by atoms with Gasteiger partial charge in [-0.2, -0.15) is 0 Å². The summed E-state index contributed by atoms with van der Waals surface area (Å²) in [5, 5.41) is 3.17. The average molecular weight is 213 g/mol. The zero-order valence-electron chi connectivity index (χ0n) is 8.46. The quantitative estimate of drug-likeness (QED) is 0.578. The third kappa shape index (κ3) is 3.43. The molecule has 5 heteroatoms. The van der Waals surface area contributed by atoms with Gasteiger partial charge in [0.15, 0.2) is 0 Å². The molecule has 0 aliphatic heterocycles. The number of nitrogens with one attached hydrogen (secondary N) is 2. The van der Waals surface area contributed by atoms with Crippen LogP contribution in [0.5, 0.6) is 0 Å². The summed E-state index contributed by atoms with van der Waals surface area (Å²) < 4.78 is 5.54. The molecule has 0 atom stereocenters. The lowest BCUT2D eigenvalue weighted by Crippen LogP contribution is -2.10. The van der Waals surface area contributed by atoms with Crippen LogP contribution in [0.2, 0.25) is 0 Å². The van der Waals surface area contributed by atoms with Crippen molar-refractivity contribution in [3.63, 3.8) is 0 Å². The van der Waals surface area contributed by atoms with Gasteiger partial charge >= 0.3 is 0 Å². The van der Waals surface area contributed by atoms with Crippen LogP contribution in [0.3, 0.4) is 0 Å². The summed E-state index contributed by atoms with van der Waals surface area (Å²) in [5.74, 6) is 1.80. The molecule has 1 aromatic rings. The molecule has 4 nitrogen and oxygen atoms in total. The van der Waals surface area contributed by atoms with Crippen LogP contribution in [0.4, 0.5) is 5.82 Å². The van der Waals surface area contributed by atoms with E-state index in [1.165, 1.54) is 0 Å². The Bertz CT molecular complexity index is 337. The number of aromatic amines is 1. The van der Waals surface area contributed by atoms with E-state index in [1.54, 1.807) is 7.11 Å². The fourth-order valence-electron chi connectivity index (χ4n) is 1.06. The Labute approximate surface area is 88.7 Å². The van der Waals surface area contributed by atoms with Gasteiger partial charge in [-0.15, -0.1) is 0 Å². The Morgan fingerprint density at radius 2 is 2.43 bits per heavy atom. The minimum atomic E-state index is 0.612. The summed E-state index contributed by atoms with van der Waals surface area (Å²) in [7, 11) is 1.67. The van der Waals surface area contributed by atoms with Gasteiger partial charge in [0.05, 0.1) is 6.61 Å². The number of methoxy groups -OCH3 is 1. The number of aryl methyl sites for hydroxylation is 1. The summed E-state index contributed by atoms with van der Waals surface area (Å²) in [6.45, 7) is 3.46. The maximum atomic E-state index is 5.03. The number of rotatable bonds is 5. The summed E-state index contributed by atoms with van der Waals surface area (Å²) in [5.41, 5.74) is 0. The van der Waals surface area contributed by atoms with Gasteiger partial charge in [-0.1, -0.05) is 19.1 Å². The molecule has 0 saturated heterocycles. The van der Waals surface area contributed by atoms with Crippen molar-refractivity contribution in [2.75, 3.05) is 25.6 Å². The Kier molecular flexibility index (Phi) is 4.55. The first kappa shape index (κ1) is 11.1. The SMILES string of the molecule is CCc1nc(=S)cc(NCCOC)[nH]1. The highest BCUT2D eigenvalue weighted by atomic mass is 32.1. The number of hydrogen-bond donors (Lipinski definition) is 2. The van der Waals surface area contributed by atoms with Gasteiger partial charge in [-0.05, 0) is 0 Å². The first-order valence-electron chi connectivity index (χ1n) is 4.59. The third-order valence-electron chi connectivity index (χ3n) is 1.75. The smallest absolute Gasteiger partial charge is 0.131 e. The maximum absolute atomic E-state index is 5.03. The van der Waals surface area contributed by atoms with E-state index in [0.29, 0.717) is 11.2 Å². The molecule has 1 heterocycles. The van der Waals surface area contributed by atoms with Gasteiger partial charge in [-0.25, -0.2) is 4.98 Å². The van der Waals surface area contributed by atoms with E-state index in [1.807, 2.05) is 13.0 Å². The zero-order chi connectivity index (χ0) is 10.4. The Hall–Kier alpha value is -0.940. The molecule has 0 aromatic carbocycles. The predicted octanol–water partition coefficient (Wildman–Crippen LogP) is 1.76. The Balaban J connectivity index is 2.67. The van der Waals surface area contributed by atoms with Gasteiger partial charge in [0, 0.05) is 26.1 Å². The summed E-state index contributed by atoms with van der Waals surface area (Å²) in [6.07, 6.45) is 0.851. The fourth-order valence-corrected chi connectivity index (χ4v) is 1.29. The van der Waals surface area contributed by atoms with Crippen LogP contribution in [0.25, 0.3) is 0 Å². The number of anilines is 1. The number of ether oxygens (including phenoxy) is 1. The van der Waals surface area contributed by atoms with Crippen molar-refractivity contribution in [3.05, 3.63) is 16.5 Å². The highest BCUT2D eigenvalue weighted by molar-refractivity contribution is 7.71. The molecule has 78 valence electrons. The second kappa shape index (κ2) is 5.72. The minimum Gasteiger partial charge on any atom is -0.383 e. The number of aromatic nitrogens is 2. The number of nitrogens with zero attached hydrogens (tertiary/aromatic N) is 1. The second-order valence-electron chi connectivity index (χ2n) is 2.85. The molecule has 0 unspecified atom stereocenters. The number of hydrogen-bond acceptors (Lipinski definition) is 4. The van der Waals surface area contributed by atoms with Crippen LogP contribution in [-0.4, -0.2) is 30.2 Å². The van der Waals surface area contributed by atoms with E-state index in [9.17, 15) is 0 Å². The highest BCUT2D eigenvalue weighted by Gasteiger charge is 1.95. The second-order valence-corrected chi connectivity index (χ2v) is 3.27. The normalized spacial score (nSPS) is 10.1. The monoisotopic (exact) mass is 213 g/mol. The molecule has 1 aromatic heterocycles. The van der Waals surface area contributed by atoms with Gasteiger partial charge in [0.1, 0.15) is 16.3 Å². The van der Waals surface area contributed by atoms with Crippen molar-refractivity contribution >= 4 is 18.0 Å². The molecule has 14 heavy (non-hydrogen) atoms. The van der Waals surface area contributed by atoms with E-state index in [-0.39, 0.29) is 0 Å². The van der Waals surface area contributed by atoms with E-state index >= 15 is 0 Å². The highest BCUT2D eigenvalue weighted by Crippen LogP contribution is 2.03. The van der Waals surface area contributed by atoms with Crippen molar-refractivity contribution in [2.24, 2.45) is 0 Å². The summed E-state index contributed by atoms with van der Waals surface area (Å²) in [4.78, 5) is 7.32. The molecule has 2 N–H and O–H groups in total.